The smallest absolute Gasteiger partial charge is 0.230 e. The van der Waals surface area contributed by atoms with Crippen molar-refractivity contribution in [2.45, 2.75) is 13.8 Å². The molecular formula is C20H15N5O2. The highest BCUT2D eigenvalue weighted by Crippen LogP contribution is 2.31. The molecule has 0 atom stereocenters. The van der Waals surface area contributed by atoms with Crippen molar-refractivity contribution in [3.05, 3.63) is 66.2 Å². The highest BCUT2D eigenvalue weighted by atomic mass is 16.5. The van der Waals surface area contributed by atoms with Gasteiger partial charge in [0.15, 0.2) is 5.65 Å². The second-order valence-electron chi connectivity index (χ2n) is 6.26. The minimum absolute atomic E-state index is 0.519. The van der Waals surface area contributed by atoms with E-state index in [1.165, 1.54) is 0 Å². The van der Waals surface area contributed by atoms with Crippen LogP contribution in [0.15, 0.2) is 59.1 Å². The van der Waals surface area contributed by atoms with E-state index in [1.807, 2.05) is 66.0 Å². The van der Waals surface area contributed by atoms with Gasteiger partial charge in [0.05, 0.1) is 16.6 Å². The number of benzene rings is 2. The zero-order valence-corrected chi connectivity index (χ0v) is 14.7. The molecule has 27 heavy (non-hydrogen) atoms. The van der Waals surface area contributed by atoms with E-state index >= 15 is 0 Å². The Morgan fingerprint density at radius 1 is 0.963 bits per heavy atom. The van der Waals surface area contributed by atoms with Crippen molar-refractivity contribution in [3.8, 4) is 23.0 Å². The number of aryl methyl sites for hydroxylation is 2. The van der Waals surface area contributed by atoms with Crippen molar-refractivity contribution >= 4 is 16.6 Å². The van der Waals surface area contributed by atoms with Crippen LogP contribution >= 0.6 is 0 Å². The predicted molar refractivity (Wildman–Crippen MR) is 99.8 cm³/mol. The lowest BCUT2D eigenvalue weighted by Crippen LogP contribution is -1.97. The maximum Gasteiger partial charge on any atom is 0.230 e. The number of nitrogens with zero attached hydrogens (tertiary/aromatic N) is 5. The number of para-hydroxylation sites is 1. The van der Waals surface area contributed by atoms with E-state index in [1.54, 1.807) is 6.92 Å². The Labute approximate surface area is 154 Å². The summed E-state index contributed by atoms with van der Waals surface area (Å²) in [7, 11) is 0. The molecule has 2 aromatic carbocycles. The lowest BCUT2D eigenvalue weighted by molar-refractivity contribution is 0.394. The van der Waals surface area contributed by atoms with Gasteiger partial charge in [0.25, 0.3) is 0 Å². The molecule has 5 aromatic rings. The minimum atomic E-state index is 0.519. The molecule has 0 aliphatic rings. The normalized spacial score (nSPS) is 11.3. The van der Waals surface area contributed by atoms with E-state index in [2.05, 4.69) is 20.2 Å². The third-order valence-corrected chi connectivity index (χ3v) is 4.23. The molecule has 3 aromatic heterocycles. The average Bonchev–Trinajstić information content (AvgIpc) is 3.27. The maximum absolute atomic E-state index is 6.14. The van der Waals surface area contributed by atoms with Crippen LogP contribution in [0.25, 0.3) is 27.9 Å². The summed E-state index contributed by atoms with van der Waals surface area (Å²) >= 11 is 0. The molecule has 0 saturated heterocycles. The first-order valence-electron chi connectivity index (χ1n) is 8.51. The number of hydrogen-bond acceptors (Lipinski definition) is 6. The van der Waals surface area contributed by atoms with Gasteiger partial charge < -0.3 is 9.26 Å². The summed E-state index contributed by atoms with van der Waals surface area (Å²) in [4.78, 5) is 8.92. The van der Waals surface area contributed by atoms with Gasteiger partial charge in [0.1, 0.15) is 5.75 Å². The number of ether oxygens (including phenoxy) is 1. The largest absolute Gasteiger partial charge is 0.438 e. The summed E-state index contributed by atoms with van der Waals surface area (Å²) < 4.78 is 13.0. The zero-order chi connectivity index (χ0) is 18.4. The first-order valence-corrected chi connectivity index (χ1v) is 8.51. The van der Waals surface area contributed by atoms with Crippen LogP contribution in [0.2, 0.25) is 0 Å². The second kappa shape index (κ2) is 5.91. The van der Waals surface area contributed by atoms with Crippen molar-refractivity contribution in [1.82, 2.24) is 24.7 Å². The van der Waals surface area contributed by atoms with E-state index in [4.69, 9.17) is 9.26 Å². The van der Waals surface area contributed by atoms with Crippen LogP contribution in [0.3, 0.4) is 0 Å². The molecule has 0 amide bonds. The van der Waals surface area contributed by atoms with E-state index in [-0.39, 0.29) is 0 Å². The number of fused-ring (bicyclic) bond motifs is 3. The van der Waals surface area contributed by atoms with Crippen molar-refractivity contribution in [2.24, 2.45) is 0 Å². The Balaban J connectivity index is 1.62. The molecule has 0 fully saturated rings. The van der Waals surface area contributed by atoms with Crippen molar-refractivity contribution in [1.29, 1.82) is 0 Å². The maximum atomic E-state index is 6.14. The van der Waals surface area contributed by atoms with Crippen LogP contribution in [0.5, 0.6) is 11.6 Å². The summed E-state index contributed by atoms with van der Waals surface area (Å²) in [5.74, 6) is 2.22. The summed E-state index contributed by atoms with van der Waals surface area (Å²) in [6, 6.07) is 17.4. The molecule has 7 nitrogen and oxygen atoms in total. The van der Waals surface area contributed by atoms with Crippen LogP contribution in [0, 0.1) is 13.8 Å². The quantitative estimate of drug-likeness (QED) is 0.478. The standard InChI is InChI=1S/C20H15N5O2/c1-12-10-18-22-20(16-8-3-4-9-17(16)25(18)23-12)26-15-7-5-6-14(11-15)19-21-13(2)27-24-19/h3-11H,1-2H3. The molecular weight excluding hydrogens is 342 g/mol. The lowest BCUT2D eigenvalue weighted by atomic mass is 10.2. The van der Waals surface area contributed by atoms with Crippen molar-refractivity contribution in [2.75, 3.05) is 0 Å². The summed E-state index contributed by atoms with van der Waals surface area (Å²) in [5.41, 5.74) is 3.40. The monoisotopic (exact) mass is 357 g/mol. The van der Waals surface area contributed by atoms with Gasteiger partial charge in [-0.2, -0.15) is 15.1 Å². The van der Waals surface area contributed by atoms with E-state index < -0.39 is 0 Å². The van der Waals surface area contributed by atoms with Crippen LogP contribution in [0.4, 0.5) is 0 Å². The highest BCUT2D eigenvalue weighted by Gasteiger charge is 2.13. The Morgan fingerprint density at radius 3 is 2.70 bits per heavy atom. The first kappa shape index (κ1) is 15.5. The summed E-state index contributed by atoms with van der Waals surface area (Å²) in [6.07, 6.45) is 0. The molecule has 0 spiro atoms. The molecule has 5 rings (SSSR count). The van der Waals surface area contributed by atoms with Crippen molar-refractivity contribution in [3.63, 3.8) is 0 Å². The van der Waals surface area contributed by atoms with E-state index in [0.717, 1.165) is 27.8 Å². The number of aromatic nitrogens is 5. The van der Waals surface area contributed by atoms with E-state index in [0.29, 0.717) is 23.3 Å². The number of rotatable bonds is 3. The third-order valence-electron chi connectivity index (χ3n) is 4.23. The van der Waals surface area contributed by atoms with Crippen LogP contribution in [0.1, 0.15) is 11.6 Å². The Kier molecular flexibility index (Phi) is 3.39. The van der Waals surface area contributed by atoms with Gasteiger partial charge in [-0.1, -0.05) is 29.4 Å². The lowest BCUT2D eigenvalue weighted by Gasteiger charge is -2.10. The molecule has 0 N–H and O–H groups in total. The zero-order valence-electron chi connectivity index (χ0n) is 14.7. The van der Waals surface area contributed by atoms with Crippen LogP contribution < -0.4 is 4.74 Å². The van der Waals surface area contributed by atoms with Crippen molar-refractivity contribution < 1.29 is 9.26 Å². The number of hydrogen-bond donors (Lipinski definition) is 0. The molecule has 0 saturated carbocycles. The van der Waals surface area contributed by atoms with Gasteiger partial charge in [-0.05, 0) is 31.2 Å². The van der Waals surface area contributed by atoms with Crippen LogP contribution in [-0.4, -0.2) is 24.7 Å². The summed E-state index contributed by atoms with van der Waals surface area (Å²) in [6.45, 7) is 3.70. The fraction of sp³-hybridized carbons (Fsp3) is 0.100. The fourth-order valence-electron chi connectivity index (χ4n) is 3.05. The SMILES string of the molecule is Cc1cc2nc(Oc3cccc(-c4noc(C)n4)c3)c3ccccc3n2n1. The van der Waals surface area contributed by atoms with Gasteiger partial charge >= 0.3 is 0 Å². The molecule has 0 unspecified atom stereocenters. The Morgan fingerprint density at radius 2 is 1.85 bits per heavy atom. The van der Waals surface area contributed by atoms with Gasteiger partial charge in [0, 0.05) is 18.6 Å². The topological polar surface area (TPSA) is 78.3 Å². The molecule has 0 bridgehead atoms. The summed E-state index contributed by atoms with van der Waals surface area (Å²) in [5, 5.41) is 9.36. The first-order chi connectivity index (χ1) is 13.2. The van der Waals surface area contributed by atoms with Crippen LogP contribution in [-0.2, 0) is 0 Å². The highest BCUT2D eigenvalue weighted by molar-refractivity contribution is 5.86. The fourth-order valence-corrected chi connectivity index (χ4v) is 3.05. The van der Waals surface area contributed by atoms with Gasteiger partial charge in [-0.15, -0.1) is 0 Å². The Hall–Kier alpha value is -3.74. The predicted octanol–water partition coefficient (Wildman–Crippen LogP) is 4.34. The van der Waals surface area contributed by atoms with E-state index in [9.17, 15) is 0 Å². The second-order valence-corrected chi connectivity index (χ2v) is 6.26. The van der Waals surface area contributed by atoms with Gasteiger partial charge in [0.2, 0.25) is 17.6 Å². The third kappa shape index (κ3) is 2.69. The molecule has 3 heterocycles. The average molecular weight is 357 g/mol. The molecule has 0 radical (unpaired) electrons. The van der Waals surface area contributed by atoms with Gasteiger partial charge in [-0.25, -0.2) is 4.52 Å². The van der Waals surface area contributed by atoms with Gasteiger partial charge in [-0.3, -0.25) is 0 Å². The molecule has 0 aliphatic carbocycles. The minimum Gasteiger partial charge on any atom is -0.438 e. The molecule has 7 heteroatoms. The molecule has 0 aliphatic heterocycles. The Bertz CT molecular complexity index is 1290. The molecule has 132 valence electrons.